The van der Waals surface area contributed by atoms with Crippen molar-refractivity contribution < 1.29 is 9.18 Å². The summed E-state index contributed by atoms with van der Waals surface area (Å²) in [5.41, 5.74) is 1.43. The zero-order valence-corrected chi connectivity index (χ0v) is 15.3. The lowest BCUT2D eigenvalue weighted by atomic mass is 10.2. The van der Waals surface area contributed by atoms with E-state index in [9.17, 15) is 9.18 Å². The van der Waals surface area contributed by atoms with Crippen molar-refractivity contribution in [2.75, 3.05) is 0 Å². The molecule has 1 atom stereocenters. The van der Waals surface area contributed by atoms with Gasteiger partial charge in [-0.3, -0.25) is 4.79 Å². The summed E-state index contributed by atoms with van der Waals surface area (Å²) in [5, 5.41) is 11.3. The second kappa shape index (κ2) is 8.14. The Morgan fingerprint density at radius 1 is 1.15 bits per heavy atom. The molecule has 26 heavy (non-hydrogen) atoms. The van der Waals surface area contributed by atoms with E-state index >= 15 is 0 Å². The number of aromatic nitrogens is 3. The number of rotatable bonds is 6. The summed E-state index contributed by atoms with van der Waals surface area (Å²) in [5.74, 6) is -0.00927. The molecule has 5 nitrogen and oxygen atoms in total. The van der Waals surface area contributed by atoms with Gasteiger partial charge in [-0.1, -0.05) is 54.2 Å². The topological polar surface area (TPSA) is 59.8 Å². The number of thioether (sulfide) groups is 1. The summed E-state index contributed by atoms with van der Waals surface area (Å²) >= 11 is 1.29. The fourth-order valence-electron chi connectivity index (χ4n) is 2.44. The molecule has 1 N–H and O–H groups in total. The molecule has 0 saturated heterocycles. The maximum absolute atomic E-state index is 14.0. The minimum Gasteiger partial charge on any atom is -0.351 e. The van der Waals surface area contributed by atoms with E-state index in [4.69, 9.17) is 0 Å². The first-order valence-corrected chi connectivity index (χ1v) is 9.07. The highest BCUT2D eigenvalue weighted by molar-refractivity contribution is 8.00. The van der Waals surface area contributed by atoms with Crippen LogP contribution < -0.4 is 5.32 Å². The summed E-state index contributed by atoms with van der Waals surface area (Å²) in [7, 11) is 1.76. The third kappa shape index (κ3) is 4.11. The first-order chi connectivity index (χ1) is 12.6. The highest BCUT2D eigenvalue weighted by atomic mass is 32.2. The van der Waals surface area contributed by atoms with Crippen LogP contribution in [0.1, 0.15) is 12.5 Å². The molecule has 1 heterocycles. The number of nitrogens with one attached hydrogen (secondary N) is 1. The van der Waals surface area contributed by atoms with E-state index in [1.165, 1.54) is 17.8 Å². The molecule has 7 heteroatoms. The number of halogens is 1. The van der Waals surface area contributed by atoms with E-state index in [1.807, 2.05) is 37.3 Å². The third-order valence-electron chi connectivity index (χ3n) is 3.91. The number of nitrogens with zero attached hydrogens (tertiary/aromatic N) is 3. The number of hydrogen-bond acceptors (Lipinski definition) is 4. The Hall–Kier alpha value is -2.67. The number of hydrogen-bond donors (Lipinski definition) is 1. The monoisotopic (exact) mass is 370 g/mol. The van der Waals surface area contributed by atoms with Gasteiger partial charge in [0.1, 0.15) is 5.82 Å². The zero-order valence-electron chi connectivity index (χ0n) is 14.5. The normalized spacial score (nSPS) is 12.0. The zero-order chi connectivity index (χ0) is 18.5. The Morgan fingerprint density at radius 3 is 2.58 bits per heavy atom. The molecule has 0 aliphatic heterocycles. The van der Waals surface area contributed by atoms with Crippen LogP contribution in [0.4, 0.5) is 4.39 Å². The van der Waals surface area contributed by atoms with Crippen molar-refractivity contribution >= 4 is 17.7 Å². The van der Waals surface area contributed by atoms with Crippen LogP contribution in [0.5, 0.6) is 0 Å². The molecule has 0 unspecified atom stereocenters. The van der Waals surface area contributed by atoms with Crippen molar-refractivity contribution in [1.29, 1.82) is 0 Å². The highest BCUT2D eigenvalue weighted by Gasteiger charge is 2.20. The minimum absolute atomic E-state index is 0.0886. The van der Waals surface area contributed by atoms with Gasteiger partial charge in [-0.25, -0.2) is 4.39 Å². The first kappa shape index (κ1) is 18.1. The summed E-state index contributed by atoms with van der Waals surface area (Å²) in [6, 6.07) is 16.1. The third-order valence-corrected chi connectivity index (χ3v) is 5.04. The second-order valence-electron chi connectivity index (χ2n) is 5.81. The minimum atomic E-state index is -0.354. The molecular formula is C19H19FN4OS. The summed E-state index contributed by atoms with van der Waals surface area (Å²) in [6.07, 6.45) is 0. The van der Waals surface area contributed by atoms with E-state index in [2.05, 4.69) is 15.5 Å². The lowest BCUT2D eigenvalue weighted by Crippen LogP contribution is -2.30. The second-order valence-corrected chi connectivity index (χ2v) is 7.12. The Balaban J connectivity index is 1.65. The van der Waals surface area contributed by atoms with Crippen LogP contribution in [-0.2, 0) is 18.4 Å². The van der Waals surface area contributed by atoms with Crippen LogP contribution in [0.25, 0.3) is 11.4 Å². The summed E-state index contributed by atoms with van der Waals surface area (Å²) in [6.45, 7) is 2.28. The number of carbonyl (C=O) groups is 1. The molecule has 0 aliphatic rings. The molecule has 0 bridgehead atoms. The van der Waals surface area contributed by atoms with Gasteiger partial charge in [0.05, 0.1) is 10.8 Å². The molecule has 1 amide bonds. The SMILES string of the molecule is C[C@H](Sc1nnc(-c2ccccc2F)n1C)C(=O)NCc1ccccc1. The van der Waals surface area contributed by atoms with Gasteiger partial charge in [-0.2, -0.15) is 0 Å². The van der Waals surface area contributed by atoms with Crippen molar-refractivity contribution in [3.05, 3.63) is 66.0 Å². The first-order valence-electron chi connectivity index (χ1n) is 8.19. The van der Waals surface area contributed by atoms with Crippen molar-refractivity contribution in [3.63, 3.8) is 0 Å². The predicted molar refractivity (Wildman–Crippen MR) is 100 cm³/mol. The maximum atomic E-state index is 14.0. The molecule has 0 spiro atoms. The number of benzene rings is 2. The molecule has 0 radical (unpaired) electrons. The van der Waals surface area contributed by atoms with Gasteiger partial charge >= 0.3 is 0 Å². The van der Waals surface area contributed by atoms with E-state index < -0.39 is 0 Å². The van der Waals surface area contributed by atoms with Crippen LogP contribution in [0, 0.1) is 5.82 Å². The molecule has 0 aliphatic carbocycles. The van der Waals surface area contributed by atoms with Crippen LogP contribution in [0.2, 0.25) is 0 Å². The van der Waals surface area contributed by atoms with Gasteiger partial charge in [0.15, 0.2) is 11.0 Å². The molecule has 0 fully saturated rings. The van der Waals surface area contributed by atoms with Gasteiger partial charge < -0.3 is 9.88 Å². The lowest BCUT2D eigenvalue weighted by Gasteiger charge is -2.12. The smallest absolute Gasteiger partial charge is 0.233 e. The molecule has 3 rings (SSSR count). The average Bonchev–Trinajstić information content (AvgIpc) is 3.01. The Bertz CT molecular complexity index is 898. The van der Waals surface area contributed by atoms with Gasteiger partial charge in [-0.05, 0) is 24.6 Å². The standard InChI is InChI=1S/C19H19FN4OS/c1-13(18(25)21-12-14-8-4-3-5-9-14)26-19-23-22-17(24(19)2)15-10-6-7-11-16(15)20/h3-11,13H,12H2,1-2H3,(H,21,25)/t13-/m0/s1. The van der Waals surface area contributed by atoms with E-state index in [0.29, 0.717) is 23.1 Å². The Morgan fingerprint density at radius 2 is 1.85 bits per heavy atom. The molecule has 1 aromatic heterocycles. The van der Waals surface area contributed by atoms with E-state index in [-0.39, 0.29) is 17.0 Å². The fourth-order valence-corrected chi connectivity index (χ4v) is 3.27. The summed E-state index contributed by atoms with van der Waals surface area (Å²) < 4.78 is 15.7. The van der Waals surface area contributed by atoms with Crippen molar-refractivity contribution in [2.24, 2.45) is 7.05 Å². The van der Waals surface area contributed by atoms with E-state index in [1.54, 1.807) is 29.8 Å². The van der Waals surface area contributed by atoms with Crippen LogP contribution in [0.15, 0.2) is 59.8 Å². The Labute approximate surface area is 155 Å². The van der Waals surface area contributed by atoms with Gasteiger partial charge in [-0.15, -0.1) is 10.2 Å². The maximum Gasteiger partial charge on any atom is 0.233 e. The largest absolute Gasteiger partial charge is 0.351 e. The van der Waals surface area contributed by atoms with Gasteiger partial charge in [0, 0.05) is 13.6 Å². The van der Waals surface area contributed by atoms with Gasteiger partial charge in [0.25, 0.3) is 0 Å². The molecular weight excluding hydrogens is 351 g/mol. The quantitative estimate of drug-likeness (QED) is 0.676. The van der Waals surface area contributed by atoms with E-state index in [0.717, 1.165) is 5.56 Å². The van der Waals surface area contributed by atoms with Crippen molar-refractivity contribution in [3.8, 4) is 11.4 Å². The number of amides is 1. The molecule has 2 aromatic carbocycles. The van der Waals surface area contributed by atoms with Gasteiger partial charge in [0.2, 0.25) is 5.91 Å². The summed E-state index contributed by atoms with van der Waals surface area (Å²) in [4.78, 5) is 12.3. The molecule has 3 aromatic rings. The molecule has 0 saturated carbocycles. The average molecular weight is 370 g/mol. The highest BCUT2D eigenvalue weighted by Crippen LogP contribution is 2.27. The molecule has 134 valence electrons. The van der Waals surface area contributed by atoms with Crippen LogP contribution in [-0.4, -0.2) is 25.9 Å². The van der Waals surface area contributed by atoms with Crippen LogP contribution >= 0.6 is 11.8 Å². The van der Waals surface area contributed by atoms with Crippen LogP contribution in [0.3, 0.4) is 0 Å². The van der Waals surface area contributed by atoms with Crippen molar-refractivity contribution in [2.45, 2.75) is 23.9 Å². The lowest BCUT2D eigenvalue weighted by molar-refractivity contribution is -0.120. The number of carbonyl (C=O) groups excluding carboxylic acids is 1. The van der Waals surface area contributed by atoms with Crippen molar-refractivity contribution in [1.82, 2.24) is 20.1 Å². The Kier molecular flexibility index (Phi) is 5.68. The fraction of sp³-hybridized carbons (Fsp3) is 0.211. The predicted octanol–water partition coefficient (Wildman–Crippen LogP) is 3.42.